The topological polar surface area (TPSA) is 49.7 Å². The molecule has 0 radical (unpaired) electrons. The van der Waals surface area contributed by atoms with Gasteiger partial charge in [-0.25, -0.2) is 4.90 Å². The van der Waals surface area contributed by atoms with Gasteiger partial charge in [0.2, 0.25) is 11.8 Å². The molecule has 6 aliphatic rings. The second-order valence-corrected chi connectivity index (χ2v) is 10.5. The summed E-state index contributed by atoms with van der Waals surface area (Å²) < 4.78 is 0. The Kier molecular flexibility index (Phi) is 4.94. The van der Waals surface area contributed by atoms with Gasteiger partial charge >= 0.3 is 0 Å². The molecule has 5 aliphatic carbocycles. The van der Waals surface area contributed by atoms with Gasteiger partial charge < -0.3 is 0 Å². The van der Waals surface area contributed by atoms with Crippen LogP contribution in [0.15, 0.2) is 102 Å². The van der Waals surface area contributed by atoms with E-state index in [0.717, 1.165) is 22.3 Å². The van der Waals surface area contributed by atoms with Crippen molar-refractivity contribution < 1.29 is 9.59 Å². The molecule has 0 saturated carbocycles. The number of hydrogen-bond acceptors (Lipinski definition) is 3. The minimum absolute atomic E-state index is 0.236. The van der Waals surface area contributed by atoms with Gasteiger partial charge in [-0.3, -0.25) is 14.6 Å². The number of anilines is 1. The molecule has 0 aromatic heterocycles. The van der Waals surface area contributed by atoms with Gasteiger partial charge in [0, 0.05) is 12.1 Å². The second-order valence-electron chi connectivity index (χ2n) is 9.73. The molecular weight excluding hydrogens is 503 g/mol. The minimum Gasteiger partial charge on any atom is -0.274 e. The minimum atomic E-state index is -0.974. The Morgan fingerprint density at radius 3 is 2.19 bits per heavy atom. The Labute approximate surface area is 224 Å². The lowest BCUT2D eigenvalue weighted by Gasteiger charge is -2.48. The molecule has 6 heteroatoms. The van der Waals surface area contributed by atoms with E-state index in [1.165, 1.54) is 4.90 Å². The van der Waals surface area contributed by atoms with E-state index in [9.17, 15) is 9.59 Å². The third kappa shape index (κ3) is 3.00. The molecule has 180 valence electrons. The molecule has 1 aliphatic heterocycles. The summed E-state index contributed by atoms with van der Waals surface area (Å²) in [5.74, 6) is -2.06. The fourth-order valence-electron chi connectivity index (χ4n) is 6.52. The van der Waals surface area contributed by atoms with Crippen LogP contribution < -0.4 is 4.90 Å². The number of nitrogens with zero attached hydrogens (tertiary/aromatic N) is 2. The van der Waals surface area contributed by atoms with Crippen LogP contribution in [-0.4, -0.2) is 18.0 Å². The first-order chi connectivity index (χ1) is 18.0. The molecule has 4 bridgehead atoms. The summed E-state index contributed by atoms with van der Waals surface area (Å²) in [5.41, 5.74) is 4.00. The van der Waals surface area contributed by atoms with Crippen molar-refractivity contribution in [3.05, 3.63) is 129 Å². The first-order valence-electron chi connectivity index (χ1n) is 12.1. The molecule has 4 nitrogen and oxygen atoms in total. The lowest BCUT2D eigenvalue weighted by Crippen LogP contribution is -2.51. The van der Waals surface area contributed by atoms with E-state index in [1.807, 2.05) is 36.5 Å². The third-order valence-electron chi connectivity index (χ3n) is 8.04. The monoisotopic (exact) mass is 522 g/mol. The van der Waals surface area contributed by atoms with E-state index in [-0.39, 0.29) is 17.7 Å². The number of aliphatic imine (C=N–C) groups is 1. The average molecular weight is 523 g/mol. The number of carbonyl (C=O) groups is 2. The molecule has 10 rings (SSSR count). The van der Waals surface area contributed by atoms with E-state index < -0.39 is 17.3 Å². The number of halogens is 2. The van der Waals surface area contributed by atoms with Crippen LogP contribution in [0.3, 0.4) is 0 Å². The number of para-hydroxylation sites is 2. The van der Waals surface area contributed by atoms with Crippen molar-refractivity contribution >= 4 is 52.6 Å². The first-order valence-corrected chi connectivity index (χ1v) is 12.9. The molecule has 1 fully saturated rings. The summed E-state index contributed by atoms with van der Waals surface area (Å²) >= 11 is 13.0. The Bertz CT molecular complexity index is 1630. The zero-order valence-electron chi connectivity index (χ0n) is 19.5. The van der Waals surface area contributed by atoms with Crippen molar-refractivity contribution in [2.45, 2.75) is 11.3 Å². The van der Waals surface area contributed by atoms with Gasteiger partial charge in [-0.05, 0) is 46.5 Å². The molecular formula is C31H20Cl2N2O2. The largest absolute Gasteiger partial charge is 0.274 e. The van der Waals surface area contributed by atoms with E-state index in [2.05, 4.69) is 36.4 Å². The van der Waals surface area contributed by atoms with Crippen molar-refractivity contribution in [3.63, 3.8) is 0 Å². The van der Waals surface area contributed by atoms with Crippen LogP contribution in [-0.2, 0) is 15.0 Å². The number of carbonyl (C=O) groups excluding carboxylic acids is 2. The molecule has 4 aromatic rings. The lowest BCUT2D eigenvalue weighted by atomic mass is 9.52. The summed E-state index contributed by atoms with van der Waals surface area (Å²) in [7, 11) is 0. The van der Waals surface area contributed by atoms with Gasteiger partial charge in [-0.15, -0.1) is 0 Å². The van der Waals surface area contributed by atoms with Gasteiger partial charge in [0.1, 0.15) is 0 Å². The van der Waals surface area contributed by atoms with Gasteiger partial charge in [0.25, 0.3) is 0 Å². The standard InChI is InChI=1S/C31H20Cl2N2O2/c32-22-9-3-5-11-24(22)34-17-31-19-15-13-18(14-16-19)26(20-7-1-2-8-21(20)31)27-28(31)30(37)35(29(27)36)25-12-6-4-10-23(25)33/h1-17,26-28H/t26-,27-,28+,31-/m0/s1. The van der Waals surface area contributed by atoms with Gasteiger partial charge in [0.05, 0.1) is 38.7 Å². The lowest BCUT2D eigenvalue weighted by molar-refractivity contribution is -0.122. The quantitative estimate of drug-likeness (QED) is 0.216. The van der Waals surface area contributed by atoms with Gasteiger partial charge in [-0.1, -0.05) is 96.0 Å². The molecule has 0 N–H and O–H groups in total. The molecule has 0 unspecified atom stereocenters. The highest BCUT2D eigenvalue weighted by molar-refractivity contribution is 6.36. The van der Waals surface area contributed by atoms with Crippen molar-refractivity contribution in [2.75, 3.05) is 4.90 Å². The van der Waals surface area contributed by atoms with Crippen LogP contribution in [0.25, 0.3) is 0 Å². The average Bonchev–Trinajstić information content (AvgIpc) is 3.16. The Balaban J connectivity index is 1.54. The van der Waals surface area contributed by atoms with Crippen LogP contribution in [0.4, 0.5) is 11.4 Å². The summed E-state index contributed by atoms with van der Waals surface area (Å²) in [4.78, 5) is 34.8. The van der Waals surface area contributed by atoms with E-state index in [1.54, 1.807) is 30.3 Å². The predicted molar refractivity (Wildman–Crippen MR) is 146 cm³/mol. The highest BCUT2D eigenvalue weighted by Crippen LogP contribution is 2.60. The highest BCUT2D eigenvalue weighted by Gasteiger charge is 2.65. The SMILES string of the molecule is O=C1[C@H]2[C@H]3c4ccc(cc4)[C@@](C=Nc4ccccc4Cl)(c4ccccc43)[C@H]2C(=O)N1c1ccccc1Cl. The maximum atomic E-state index is 14.4. The van der Waals surface area contributed by atoms with E-state index in [4.69, 9.17) is 28.2 Å². The Morgan fingerprint density at radius 2 is 1.43 bits per heavy atom. The first kappa shape index (κ1) is 22.5. The number of rotatable bonds is 3. The fraction of sp³-hybridized carbons (Fsp3) is 0.129. The van der Waals surface area contributed by atoms with Crippen LogP contribution in [0.5, 0.6) is 0 Å². The number of benzene rings is 4. The van der Waals surface area contributed by atoms with Crippen LogP contribution in [0.2, 0.25) is 10.0 Å². The predicted octanol–water partition coefficient (Wildman–Crippen LogP) is 6.95. The zero-order valence-corrected chi connectivity index (χ0v) is 21.0. The maximum Gasteiger partial charge on any atom is 0.239 e. The van der Waals surface area contributed by atoms with Crippen LogP contribution in [0, 0.1) is 11.8 Å². The Morgan fingerprint density at radius 1 is 0.757 bits per heavy atom. The second kappa shape index (κ2) is 8.14. The summed E-state index contributed by atoms with van der Waals surface area (Å²) in [6, 6.07) is 30.7. The molecule has 4 aromatic carbocycles. The Hall–Kier alpha value is -3.73. The molecule has 4 atom stereocenters. The summed E-state index contributed by atoms with van der Waals surface area (Å²) in [6.45, 7) is 0. The van der Waals surface area contributed by atoms with Crippen LogP contribution >= 0.6 is 23.2 Å². The maximum absolute atomic E-state index is 14.4. The van der Waals surface area contributed by atoms with Gasteiger partial charge in [0.15, 0.2) is 0 Å². The van der Waals surface area contributed by atoms with Gasteiger partial charge in [-0.2, -0.15) is 0 Å². The van der Waals surface area contributed by atoms with Crippen molar-refractivity contribution in [3.8, 4) is 0 Å². The third-order valence-corrected chi connectivity index (χ3v) is 8.68. The molecule has 2 amide bonds. The zero-order chi connectivity index (χ0) is 25.3. The summed E-state index contributed by atoms with van der Waals surface area (Å²) in [5, 5.41) is 0.878. The number of hydrogen-bond donors (Lipinski definition) is 0. The molecule has 0 spiro atoms. The van der Waals surface area contributed by atoms with E-state index in [0.29, 0.717) is 21.4 Å². The number of amides is 2. The van der Waals surface area contributed by atoms with Crippen LogP contribution in [0.1, 0.15) is 28.2 Å². The molecule has 1 saturated heterocycles. The normalized spacial score (nSPS) is 25.4. The molecule has 37 heavy (non-hydrogen) atoms. The van der Waals surface area contributed by atoms with Crippen molar-refractivity contribution in [1.82, 2.24) is 0 Å². The fourth-order valence-corrected chi connectivity index (χ4v) is 6.93. The van der Waals surface area contributed by atoms with Crippen molar-refractivity contribution in [2.24, 2.45) is 16.8 Å². The highest BCUT2D eigenvalue weighted by atomic mass is 35.5. The number of imide groups is 1. The van der Waals surface area contributed by atoms with E-state index >= 15 is 0 Å². The van der Waals surface area contributed by atoms with Crippen molar-refractivity contribution in [1.29, 1.82) is 0 Å². The molecule has 1 heterocycles. The summed E-state index contributed by atoms with van der Waals surface area (Å²) in [6.07, 6.45) is 1.84. The smallest absolute Gasteiger partial charge is 0.239 e.